The van der Waals surface area contributed by atoms with Crippen molar-refractivity contribution >= 4 is 0 Å². The van der Waals surface area contributed by atoms with E-state index in [1.807, 2.05) is 13.1 Å². The number of nitrogens with zero attached hydrogens (tertiary/aromatic N) is 1. The van der Waals surface area contributed by atoms with Crippen LogP contribution in [0.4, 0.5) is 0 Å². The van der Waals surface area contributed by atoms with Gasteiger partial charge in [-0.15, -0.1) is 0 Å². The van der Waals surface area contributed by atoms with Crippen LogP contribution in [0.3, 0.4) is 0 Å². The first-order valence-electron chi connectivity index (χ1n) is 5.82. The smallest absolute Gasteiger partial charge is 0.0816 e. The molecule has 1 aromatic rings. The molecule has 1 heterocycles. The van der Waals surface area contributed by atoms with E-state index < -0.39 is 0 Å². The fraction of sp³-hybridized carbons (Fsp3) is 0.615. The number of rotatable bonds is 5. The van der Waals surface area contributed by atoms with Crippen LogP contribution in [0.2, 0.25) is 0 Å². The van der Waals surface area contributed by atoms with E-state index in [4.69, 9.17) is 4.74 Å². The predicted octanol–water partition coefficient (Wildman–Crippen LogP) is 3.30. The average molecular weight is 207 g/mol. The molecule has 1 atom stereocenters. The molecule has 2 heteroatoms. The van der Waals surface area contributed by atoms with Crippen LogP contribution < -0.4 is 0 Å². The van der Waals surface area contributed by atoms with Crippen LogP contribution in [-0.2, 0) is 17.6 Å². The summed E-state index contributed by atoms with van der Waals surface area (Å²) >= 11 is 0. The van der Waals surface area contributed by atoms with Crippen molar-refractivity contribution < 1.29 is 4.74 Å². The maximum Gasteiger partial charge on any atom is 0.0816 e. The molecule has 0 fully saturated rings. The minimum absolute atomic E-state index is 0.161. The van der Waals surface area contributed by atoms with E-state index in [9.17, 15) is 0 Å². The van der Waals surface area contributed by atoms with E-state index in [1.165, 1.54) is 16.8 Å². The van der Waals surface area contributed by atoms with Gasteiger partial charge in [-0.25, -0.2) is 0 Å². The van der Waals surface area contributed by atoms with Crippen molar-refractivity contribution in [1.82, 2.24) is 4.98 Å². The van der Waals surface area contributed by atoms with Gasteiger partial charge in [-0.3, -0.25) is 4.98 Å². The second kappa shape index (κ2) is 5.86. The lowest BCUT2D eigenvalue weighted by Crippen LogP contribution is -2.08. The summed E-state index contributed by atoms with van der Waals surface area (Å²) in [5, 5.41) is 0. The highest BCUT2D eigenvalue weighted by atomic mass is 16.5. The number of pyridine rings is 1. The Hall–Kier alpha value is -0.890. The molecule has 1 unspecified atom stereocenters. The molecule has 0 aliphatic rings. The zero-order valence-corrected chi connectivity index (χ0v) is 10.2. The number of aryl methyl sites for hydroxylation is 2. The van der Waals surface area contributed by atoms with Gasteiger partial charge in [-0.05, 0) is 38.3 Å². The Kier molecular flexibility index (Phi) is 4.76. The second-order valence-electron chi connectivity index (χ2n) is 3.64. The molecule has 2 nitrogen and oxygen atoms in total. The van der Waals surface area contributed by atoms with Gasteiger partial charge in [0.05, 0.1) is 6.10 Å². The summed E-state index contributed by atoms with van der Waals surface area (Å²) < 4.78 is 5.67. The Balaban J connectivity index is 3.09. The highest BCUT2D eigenvalue weighted by Crippen LogP contribution is 2.24. The van der Waals surface area contributed by atoms with Crippen molar-refractivity contribution in [1.29, 1.82) is 0 Å². The quantitative estimate of drug-likeness (QED) is 0.739. The molecule has 15 heavy (non-hydrogen) atoms. The summed E-state index contributed by atoms with van der Waals surface area (Å²) in [6.07, 6.45) is 4.08. The minimum Gasteiger partial charge on any atom is -0.374 e. The maximum absolute atomic E-state index is 5.67. The first-order valence-corrected chi connectivity index (χ1v) is 5.82. The van der Waals surface area contributed by atoms with E-state index in [2.05, 4.69) is 31.8 Å². The Morgan fingerprint density at radius 3 is 2.53 bits per heavy atom. The van der Waals surface area contributed by atoms with Crippen LogP contribution in [0.1, 0.15) is 50.6 Å². The van der Waals surface area contributed by atoms with Crippen LogP contribution in [0.25, 0.3) is 0 Å². The molecule has 0 bridgehead atoms. The third-order valence-electron chi connectivity index (χ3n) is 2.70. The summed E-state index contributed by atoms with van der Waals surface area (Å²) in [4.78, 5) is 4.43. The van der Waals surface area contributed by atoms with Crippen molar-refractivity contribution in [3.63, 3.8) is 0 Å². The lowest BCUT2D eigenvalue weighted by Gasteiger charge is -2.18. The van der Waals surface area contributed by atoms with E-state index in [1.54, 1.807) is 0 Å². The van der Waals surface area contributed by atoms with Crippen LogP contribution in [0.5, 0.6) is 0 Å². The Bertz CT molecular complexity index is 287. The largest absolute Gasteiger partial charge is 0.374 e. The molecule has 0 aliphatic heterocycles. The summed E-state index contributed by atoms with van der Waals surface area (Å²) in [5.74, 6) is 0. The molecule has 84 valence electrons. The average Bonchev–Trinajstić information content (AvgIpc) is 2.28. The second-order valence-corrected chi connectivity index (χ2v) is 3.64. The monoisotopic (exact) mass is 207 g/mol. The molecule has 0 saturated heterocycles. The molecule has 1 rings (SSSR count). The van der Waals surface area contributed by atoms with Gasteiger partial charge in [0.15, 0.2) is 0 Å². The first kappa shape index (κ1) is 12.2. The fourth-order valence-electron chi connectivity index (χ4n) is 1.98. The SMILES string of the molecule is CCOC(C)c1c(CC)ccnc1CC. The van der Waals surface area contributed by atoms with Gasteiger partial charge in [0, 0.05) is 24.1 Å². The number of hydrogen-bond donors (Lipinski definition) is 0. The molecule has 0 N–H and O–H groups in total. The lowest BCUT2D eigenvalue weighted by molar-refractivity contribution is 0.0749. The molecule has 0 saturated carbocycles. The van der Waals surface area contributed by atoms with Gasteiger partial charge in [0.1, 0.15) is 0 Å². The fourth-order valence-corrected chi connectivity index (χ4v) is 1.98. The summed E-state index contributed by atoms with van der Waals surface area (Å²) in [6.45, 7) is 9.21. The zero-order chi connectivity index (χ0) is 11.3. The van der Waals surface area contributed by atoms with Crippen LogP contribution in [0, 0.1) is 0 Å². The zero-order valence-electron chi connectivity index (χ0n) is 10.2. The molecule has 0 radical (unpaired) electrons. The lowest BCUT2D eigenvalue weighted by atomic mass is 9.99. The van der Waals surface area contributed by atoms with Gasteiger partial charge in [-0.1, -0.05) is 13.8 Å². The third kappa shape index (κ3) is 2.78. The standard InChI is InChI=1S/C13H21NO/c1-5-11-8-9-14-12(6-2)13(11)10(4)15-7-3/h8-10H,5-7H2,1-4H3. The molecule has 0 aromatic carbocycles. The van der Waals surface area contributed by atoms with Gasteiger partial charge in [0.2, 0.25) is 0 Å². The number of ether oxygens (including phenoxy) is 1. The van der Waals surface area contributed by atoms with Gasteiger partial charge in [-0.2, -0.15) is 0 Å². The number of hydrogen-bond acceptors (Lipinski definition) is 2. The predicted molar refractivity (Wildman–Crippen MR) is 63.0 cm³/mol. The third-order valence-corrected chi connectivity index (χ3v) is 2.70. The van der Waals surface area contributed by atoms with E-state index in [0.29, 0.717) is 0 Å². The summed E-state index contributed by atoms with van der Waals surface area (Å²) in [7, 11) is 0. The molecular weight excluding hydrogens is 186 g/mol. The van der Waals surface area contributed by atoms with Crippen molar-refractivity contribution in [2.24, 2.45) is 0 Å². The Labute approximate surface area is 92.7 Å². The highest BCUT2D eigenvalue weighted by molar-refractivity contribution is 5.32. The molecular formula is C13H21NO. The van der Waals surface area contributed by atoms with Gasteiger partial charge in [0.25, 0.3) is 0 Å². The van der Waals surface area contributed by atoms with Crippen LogP contribution in [0.15, 0.2) is 12.3 Å². The summed E-state index contributed by atoms with van der Waals surface area (Å²) in [6, 6.07) is 2.10. The normalized spacial score (nSPS) is 12.8. The van der Waals surface area contributed by atoms with E-state index in [-0.39, 0.29) is 6.10 Å². The topological polar surface area (TPSA) is 22.1 Å². The molecule has 0 spiro atoms. The molecule has 0 aliphatic carbocycles. The van der Waals surface area contributed by atoms with Crippen molar-refractivity contribution in [2.45, 2.75) is 46.6 Å². The maximum atomic E-state index is 5.67. The minimum atomic E-state index is 0.161. The van der Waals surface area contributed by atoms with Crippen molar-refractivity contribution in [2.75, 3.05) is 6.61 Å². The Morgan fingerprint density at radius 1 is 1.27 bits per heavy atom. The van der Waals surface area contributed by atoms with Crippen molar-refractivity contribution in [3.8, 4) is 0 Å². The Morgan fingerprint density at radius 2 is 2.00 bits per heavy atom. The van der Waals surface area contributed by atoms with Crippen molar-refractivity contribution in [3.05, 3.63) is 29.1 Å². The highest BCUT2D eigenvalue weighted by Gasteiger charge is 2.14. The van der Waals surface area contributed by atoms with Crippen LogP contribution >= 0.6 is 0 Å². The molecule has 1 aromatic heterocycles. The van der Waals surface area contributed by atoms with Crippen LogP contribution in [-0.4, -0.2) is 11.6 Å². The summed E-state index contributed by atoms with van der Waals surface area (Å²) in [5.41, 5.74) is 3.84. The first-order chi connectivity index (χ1) is 7.24. The van der Waals surface area contributed by atoms with E-state index >= 15 is 0 Å². The molecule has 0 amide bonds. The van der Waals surface area contributed by atoms with E-state index in [0.717, 1.165) is 19.4 Å². The van der Waals surface area contributed by atoms with Gasteiger partial charge < -0.3 is 4.74 Å². The number of aromatic nitrogens is 1. The van der Waals surface area contributed by atoms with Gasteiger partial charge >= 0.3 is 0 Å².